The molecule has 0 aliphatic heterocycles. The first-order valence-corrected chi connectivity index (χ1v) is 9.98. The van der Waals surface area contributed by atoms with Crippen molar-refractivity contribution in [3.8, 4) is 0 Å². The van der Waals surface area contributed by atoms with E-state index in [9.17, 15) is 13.2 Å². The van der Waals surface area contributed by atoms with Crippen LogP contribution in [-0.4, -0.2) is 31.6 Å². The van der Waals surface area contributed by atoms with E-state index < -0.39 is 16.1 Å². The number of aromatic nitrogens is 1. The summed E-state index contributed by atoms with van der Waals surface area (Å²) in [5.74, 6) is -0.181. The van der Waals surface area contributed by atoms with Crippen molar-refractivity contribution in [1.82, 2.24) is 15.2 Å². The highest BCUT2D eigenvalue weighted by Gasteiger charge is 2.28. The molecule has 26 heavy (non-hydrogen) atoms. The van der Waals surface area contributed by atoms with Gasteiger partial charge < -0.3 is 9.84 Å². The summed E-state index contributed by atoms with van der Waals surface area (Å²) in [5, 5.41) is 6.48. The number of nitrogens with one attached hydrogen (secondary N) is 2. The van der Waals surface area contributed by atoms with Gasteiger partial charge in [-0.05, 0) is 46.1 Å². The Hall–Kier alpha value is -2.19. The number of hydrogen-bond acceptors (Lipinski definition) is 5. The average Bonchev–Trinajstić information content (AvgIpc) is 2.93. The van der Waals surface area contributed by atoms with E-state index in [0.717, 1.165) is 12.8 Å². The third-order valence-corrected chi connectivity index (χ3v) is 5.84. The highest BCUT2D eigenvalue weighted by Crippen LogP contribution is 2.18. The van der Waals surface area contributed by atoms with Gasteiger partial charge >= 0.3 is 0 Å². The van der Waals surface area contributed by atoms with Gasteiger partial charge in [0.2, 0.25) is 15.9 Å². The van der Waals surface area contributed by atoms with Gasteiger partial charge in [-0.3, -0.25) is 4.79 Å². The van der Waals surface area contributed by atoms with Crippen molar-refractivity contribution < 1.29 is 17.7 Å². The SMILES string of the molecule is Cc1noc(C)c1S(=O)(=O)N[C@H](C)C(=O)N[C@H](C)CCc1ccccc1. The first-order chi connectivity index (χ1) is 12.2. The Labute approximate surface area is 154 Å². The monoisotopic (exact) mass is 379 g/mol. The van der Waals surface area contributed by atoms with Crippen molar-refractivity contribution >= 4 is 15.9 Å². The molecule has 0 bridgehead atoms. The number of rotatable bonds is 8. The van der Waals surface area contributed by atoms with E-state index in [1.807, 2.05) is 37.3 Å². The lowest BCUT2D eigenvalue weighted by atomic mass is 10.1. The molecule has 2 rings (SSSR count). The molecule has 0 spiro atoms. The molecule has 0 aliphatic rings. The summed E-state index contributed by atoms with van der Waals surface area (Å²) in [5.41, 5.74) is 1.46. The lowest BCUT2D eigenvalue weighted by Gasteiger charge is -2.18. The summed E-state index contributed by atoms with van der Waals surface area (Å²) < 4.78 is 32.2. The second kappa shape index (κ2) is 8.46. The molecule has 142 valence electrons. The van der Waals surface area contributed by atoms with Crippen LogP contribution in [0.25, 0.3) is 0 Å². The molecule has 2 N–H and O–H groups in total. The zero-order chi connectivity index (χ0) is 19.3. The van der Waals surface area contributed by atoms with Gasteiger partial charge in [-0.1, -0.05) is 35.5 Å². The van der Waals surface area contributed by atoms with Crippen LogP contribution in [0.2, 0.25) is 0 Å². The Balaban J connectivity index is 1.90. The third kappa shape index (κ3) is 5.15. The summed E-state index contributed by atoms with van der Waals surface area (Å²) in [6, 6.07) is 9.00. The zero-order valence-corrected chi connectivity index (χ0v) is 16.3. The Morgan fingerprint density at radius 2 is 1.85 bits per heavy atom. The summed E-state index contributed by atoms with van der Waals surface area (Å²) in [7, 11) is -3.88. The second-order valence-electron chi connectivity index (χ2n) is 6.43. The van der Waals surface area contributed by atoms with Crippen molar-refractivity contribution in [3.63, 3.8) is 0 Å². The maximum absolute atomic E-state index is 12.5. The van der Waals surface area contributed by atoms with Gasteiger partial charge in [-0.15, -0.1) is 0 Å². The summed E-state index contributed by atoms with van der Waals surface area (Å²) in [4.78, 5) is 12.3. The van der Waals surface area contributed by atoms with E-state index >= 15 is 0 Å². The molecule has 2 aromatic rings. The fourth-order valence-corrected chi connectivity index (χ4v) is 4.20. The number of amides is 1. The molecule has 8 heteroatoms. The van der Waals surface area contributed by atoms with Crippen molar-refractivity contribution in [2.24, 2.45) is 0 Å². The van der Waals surface area contributed by atoms with Gasteiger partial charge in [0, 0.05) is 6.04 Å². The molecule has 0 aliphatic carbocycles. The number of carbonyl (C=O) groups is 1. The average molecular weight is 379 g/mol. The molecule has 1 heterocycles. The second-order valence-corrected chi connectivity index (χ2v) is 8.08. The van der Waals surface area contributed by atoms with E-state index in [1.165, 1.54) is 19.4 Å². The van der Waals surface area contributed by atoms with Gasteiger partial charge in [-0.2, -0.15) is 4.72 Å². The lowest BCUT2D eigenvalue weighted by molar-refractivity contribution is -0.123. The van der Waals surface area contributed by atoms with Crippen LogP contribution in [0.15, 0.2) is 39.8 Å². The van der Waals surface area contributed by atoms with Crippen molar-refractivity contribution in [2.45, 2.75) is 57.5 Å². The molecule has 2 atom stereocenters. The quantitative estimate of drug-likeness (QED) is 0.731. The standard InChI is InChI=1S/C18H25N3O4S/c1-12(10-11-16-8-6-5-7-9-16)19-18(22)14(3)21-26(23,24)17-13(2)20-25-15(17)4/h5-9,12,14,21H,10-11H2,1-4H3,(H,19,22)/t12-,14-/m1/s1. The van der Waals surface area contributed by atoms with Gasteiger partial charge in [0.1, 0.15) is 10.6 Å². The largest absolute Gasteiger partial charge is 0.360 e. The molecule has 0 saturated carbocycles. The molecular formula is C18H25N3O4S. The van der Waals surface area contributed by atoms with Crippen LogP contribution in [0.5, 0.6) is 0 Å². The van der Waals surface area contributed by atoms with E-state index in [0.29, 0.717) is 0 Å². The van der Waals surface area contributed by atoms with Crippen LogP contribution in [0.1, 0.15) is 37.3 Å². The van der Waals surface area contributed by atoms with Crippen LogP contribution >= 0.6 is 0 Å². The molecular weight excluding hydrogens is 354 g/mol. The maximum atomic E-state index is 12.5. The molecule has 0 unspecified atom stereocenters. The minimum Gasteiger partial charge on any atom is -0.360 e. The summed E-state index contributed by atoms with van der Waals surface area (Å²) in [6.45, 7) is 6.47. The highest BCUT2D eigenvalue weighted by atomic mass is 32.2. The summed E-state index contributed by atoms with van der Waals surface area (Å²) in [6.07, 6.45) is 1.60. The number of aryl methyl sites for hydroxylation is 3. The van der Waals surface area contributed by atoms with E-state index in [2.05, 4.69) is 15.2 Å². The molecule has 0 saturated heterocycles. The molecule has 1 aromatic carbocycles. The number of hydrogen-bond donors (Lipinski definition) is 2. The first kappa shape index (κ1) is 20.1. The van der Waals surface area contributed by atoms with Crippen LogP contribution < -0.4 is 10.0 Å². The Morgan fingerprint density at radius 3 is 2.42 bits per heavy atom. The van der Waals surface area contributed by atoms with Crippen molar-refractivity contribution in [3.05, 3.63) is 47.3 Å². The molecule has 1 aromatic heterocycles. The number of benzene rings is 1. The predicted octanol–water partition coefficient (Wildman–Crippen LogP) is 2.10. The fourth-order valence-electron chi connectivity index (χ4n) is 2.67. The lowest BCUT2D eigenvalue weighted by Crippen LogP contribution is -2.47. The maximum Gasteiger partial charge on any atom is 0.246 e. The minimum atomic E-state index is -3.88. The van der Waals surface area contributed by atoms with Crippen LogP contribution in [-0.2, 0) is 21.2 Å². The summed E-state index contributed by atoms with van der Waals surface area (Å²) >= 11 is 0. The van der Waals surface area contributed by atoms with E-state index in [-0.39, 0.29) is 28.3 Å². The fraction of sp³-hybridized carbons (Fsp3) is 0.444. The normalized spacial score (nSPS) is 14.0. The number of carbonyl (C=O) groups excluding carboxylic acids is 1. The van der Waals surface area contributed by atoms with Crippen molar-refractivity contribution in [2.75, 3.05) is 0 Å². The Bertz CT molecular complexity index is 827. The molecule has 1 amide bonds. The highest BCUT2D eigenvalue weighted by molar-refractivity contribution is 7.89. The molecule has 7 nitrogen and oxygen atoms in total. The van der Waals surface area contributed by atoms with Crippen LogP contribution in [0.3, 0.4) is 0 Å². The topological polar surface area (TPSA) is 101 Å². The van der Waals surface area contributed by atoms with Gasteiger partial charge in [-0.25, -0.2) is 8.42 Å². The zero-order valence-electron chi connectivity index (χ0n) is 15.4. The van der Waals surface area contributed by atoms with Crippen LogP contribution in [0, 0.1) is 13.8 Å². The third-order valence-electron chi connectivity index (χ3n) is 4.06. The molecule has 0 fully saturated rings. The van der Waals surface area contributed by atoms with Crippen LogP contribution in [0.4, 0.5) is 0 Å². The number of sulfonamides is 1. The van der Waals surface area contributed by atoms with E-state index in [4.69, 9.17) is 4.52 Å². The van der Waals surface area contributed by atoms with Crippen molar-refractivity contribution in [1.29, 1.82) is 0 Å². The predicted molar refractivity (Wildman–Crippen MR) is 98.1 cm³/mol. The minimum absolute atomic E-state index is 0.0192. The van der Waals surface area contributed by atoms with Gasteiger partial charge in [0.05, 0.1) is 6.04 Å². The van der Waals surface area contributed by atoms with Gasteiger partial charge in [0.25, 0.3) is 0 Å². The Morgan fingerprint density at radius 1 is 1.19 bits per heavy atom. The molecule has 0 radical (unpaired) electrons. The number of nitrogens with zero attached hydrogens (tertiary/aromatic N) is 1. The Kier molecular flexibility index (Phi) is 6.55. The smallest absolute Gasteiger partial charge is 0.246 e. The first-order valence-electron chi connectivity index (χ1n) is 8.50. The van der Waals surface area contributed by atoms with Gasteiger partial charge in [0.15, 0.2) is 5.76 Å². The van der Waals surface area contributed by atoms with E-state index in [1.54, 1.807) is 6.92 Å².